The number of benzene rings is 3. The second-order valence-electron chi connectivity index (χ2n) is 10.3. The van der Waals surface area contributed by atoms with Crippen molar-refractivity contribution in [3.8, 4) is 22.6 Å². The minimum atomic E-state index is -4.97. The predicted molar refractivity (Wildman–Crippen MR) is 147 cm³/mol. The Bertz CT molecular complexity index is 1690. The average molecular weight is 565 g/mol. The molecule has 2 fully saturated rings. The van der Waals surface area contributed by atoms with E-state index in [1.807, 2.05) is 48.2 Å². The van der Waals surface area contributed by atoms with Crippen LogP contribution in [0.5, 0.6) is 5.75 Å². The second kappa shape index (κ2) is 10.3. The number of alkyl halides is 3. The van der Waals surface area contributed by atoms with Crippen LogP contribution in [0.1, 0.15) is 18.4 Å². The van der Waals surface area contributed by atoms with Crippen LogP contribution in [0.2, 0.25) is 0 Å². The van der Waals surface area contributed by atoms with E-state index in [-0.39, 0.29) is 11.4 Å². The molecule has 11 heteroatoms. The average Bonchev–Trinajstić information content (AvgIpc) is 3.76. The maximum atomic E-state index is 13.5. The lowest BCUT2D eigenvalue weighted by Crippen LogP contribution is -2.51. The third kappa shape index (κ3) is 5.42. The van der Waals surface area contributed by atoms with Gasteiger partial charge in [0.25, 0.3) is 5.56 Å². The Hall–Kier alpha value is -4.22. The van der Waals surface area contributed by atoms with Crippen molar-refractivity contribution in [2.75, 3.05) is 31.6 Å². The van der Waals surface area contributed by atoms with Gasteiger partial charge in [-0.15, -0.1) is 13.2 Å². The van der Waals surface area contributed by atoms with Gasteiger partial charge >= 0.3 is 6.36 Å². The zero-order chi connectivity index (χ0) is 28.8. The van der Waals surface area contributed by atoms with Crippen LogP contribution in [0, 0.1) is 6.92 Å². The van der Waals surface area contributed by atoms with Gasteiger partial charge in [0.15, 0.2) is 5.75 Å². The molecule has 1 N–H and O–H groups in total. The van der Waals surface area contributed by atoms with Crippen LogP contribution in [0.15, 0.2) is 71.8 Å². The number of anilines is 1. The van der Waals surface area contributed by atoms with Crippen molar-refractivity contribution in [1.82, 2.24) is 14.5 Å². The van der Waals surface area contributed by atoms with Crippen LogP contribution >= 0.6 is 0 Å². The Labute approximate surface area is 233 Å². The summed E-state index contributed by atoms with van der Waals surface area (Å²) in [6, 6.07) is 17.0. The maximum Gasteiger partial charge on any atom is 0.573 e. The molecule has 6 rings (SSSR count). The summed E-state index contributed by atoms with van der Waals surface area (Å²) in [6.45, 7) is 4.08. The highest BCUT2D eigenvalue weighted by Gasteiger charge is 2.54. The third-order valence-corrected chi connectivity index (χ3v) is 7.59. The SMILES string of the molecule is Cc1cccc(-c2ccc3c(=O)n(-c4ccc(OC(F)(F)F)c(NC(=O)C5(N6CCOCC6)CC5)c4)cnc3c2)c1. The first kappa shape index (κ1) is 27.0. The number of nitrogens with zero attached hydrogens (tertiary/aromatic N) is 3. The molecular weight excluding hydrogens is 537 g/mol. The van der Waals surface area contributed by atoms with Gasteiger partial charge in [0.1, 0.15) is 11.9 Å². The van der Waals surface area contributed by atoms with E-state index < -0.39 is 29.1 Å². The van der Waals surface area contributed by atoms with Crippen molar-refractivity contribution >= 4 is 22.5 Å². The summed E-state index contributed by atoms with van der Waals surface area (Å²) in [4.78, 5) is 33.3. The number of aromatic nitrogens is 2. The van der Waals surface area contributed by atoms with Crippen LogP contribution in [-0.2, 0) is 9.53 Å². The van der Waals surface area contributed by atoms with Gasteiger partial charge in [-0.25, -0.2) is 4.98 Å². The van der Waals surface area contributed by atoms with Crippen LogP contribution < -0.4 is 15.6 Å². The van der Waals surface area contributed by atoms with E-state index in [9.17, 15) is 22.8 Å². The number of carbonyl (C=O) groups is 1. The van der Waals surface area contributed by atoms with Gasteiger partial charge in [0.2, 0.25) is 5.91 Å². The number of hydrogen-bond acceptors (Lipinski definition) is 6. The van der Waals surface area contributed by atoms with Crippen molar-refractivity contribution in [3.05, 3.63) is 82.9 Å². The minimum Gasteiger partial charge on any atom is -0.404 e. The van der Waals surface area contributed by atoms with E-state index in [2.05, 4.69) is 15.0 Å². The smallest absolute Gasteiger partial charge is 0.404 e. The molecule has 2 heterocycles. The summed E-state index contributed by atoms with van der Waals surface area (Å²) in [5.41, 5.74) is 2.31. The van der Waals surface area contributed by atoms with E-state index in [0.717, 1.165) is 22.8 Å². The Balaban J connectivity index is 1.35. The number of halogens is 3. The Morgan fingerprint density at radius 2 is 1.78 bits per heavy atom. The summed E-state index contributed by atoms with van der Waals surface area (Å²) in [6.07, 6.45) is -2.47. The van der Waals surface area contributed by atoms with E-state index in [1.165, 1.54) is 23.0 Å². The highest BCUT2D eigenvalue weighted by Crippen LogP contribution is 2.44. The number of aryl methyl sites for hydroxylation is 1. The molecule has 0 spiro atoms. The fourth-order valence-corrected chi connectivity index (χ4v) is 5.32. The molecular formula is C30H27F3N4O4. The molecule has 1 aliphatic carbocycles. The molecule has 1 saturated heterocycles. The lowest BCUT2D eigenvalue weighted by atomic mass is 10.0. The Morgan fingerprint density at radius 3 is 2.49 bits per heavy atom. The summed E-state index contributed by atoms with van der Waals surface area (Å²) < 4.78 is 50.5. The normalized spacial score (nSPS) is 16.9. The zero-order valence-electron chi connectivity index (χ0n) is 22.2. The van der Waals surface area contributed by atoms with Gasteiger partial charge in [-0.1, -0.05) is 35.9 Å². The van der Waals surface area contributed by atoms with Gasteiger partial charge in [0.05, 0.1) is 35.5 Å². The molecule has 1 saturated carbocycles. The molecule has 4 aromatic rings. The molecule has 0 unspecified atom stereocenters. The van der Waals surface area contributed by atoms with Crippen LogP contribution in [0.3, 0.4) is 0 Å². The zero-order valence-corrected chi connectivity index (χ0v) is 22.2. The van der Waals surface area contributed by atoms with Crippen molar-refractivity contribution in [2.45, 2.75) is 31.7 Å². The monoisotopic (exact) mass is 564 g/mol. The minimum absolute atomic E-state index is 0.189. The third-order valence-electron chi connectivity index (χ3n) is 7.59. The molecule has 1 aromatic heterocycles. The number of nitrogens with one attached hydrogen (secondary N) is 1. The van der Waals surface area contributed by atoms with Gasteiger partial charge in [-0.2, -0.15) is 0 Å². The fraction of sp³-hybridized carbons (Fsp3) is 0.300. The lowest BCUT2D eigenvalue weighted by molar-refractivity contribution is -0.274. The lowest BCUT2D eigenvalue weighted by Gasteiger charge is -2.34. The van der Waals surface area contributed by atoms with E-state index in [0.29, 0.717) is 50.0 Å². The highest BCUT2D eigenvalue weighted by atomic mass is 19.4. The molecule has 212 valence electrons. The van der Waals surface area contributed by atoms with Gasteiger partial charge in [0, 0.05) is 13.1 Å². The number of hydrogen-bond donors (Lipinski definition) is 1. The van der Waals surface area contributed by atoms with Gasteiger partial charge in [-0.3, -0.25) is 19.1 Å². The molecule has 8 nitrogen and oxygen atoms in total. The largest absolute Gasteiger partial charge is 0.573 e. The Morgan fingerprint density at radius 1 is 1.02 bits per heavy atom. The summed E-state index contributed by atoms with van der Waals surface area (Å²) in [7, 11) is 0. The first-order chi connectivity index (χ1) is 19.6. The predicted octanol–water partition coefficient (Wildman–Crippen LogP) is 5.06. The molecule has 41 heavy (non-hydrogen) atoms. The highest BCUT2D eigenvalue weighted by molar-refractivity contribution is 6.01. The fourth-order valence-electron chi connectivity index (χ4n) is 5.32. The topological polar surface area (TPSA) is 85.7 Å². The molecule has 1 amide bonds. The molecule has 0 atom stereocenters. The quantitative estimate of drug-likeness (QED) is 0.352. The summed E-state index contributed by atoms with van der Waals surface area (Å²) in [5, 5.41) is 2.99. The van der Waals surface area contributed by atoms with Crippen LogP contribution in [0.4, 0.5) is 18.9 Å². The van der Waals surface area contributed by atoms with Crippen molar-refractivity contribution in [3.63, 3.8) is 0 Å². The van der Waals surface area contributed by atoms with Crippen LogP contribution in [0.25, 0.3) is 27.7 Å². The second-order valence-corrected chi connectivity index (χ2v) is 10.3. The van der Waals surface area contributed by atoms with Gasteiger partial charge in [-0.05, 0) is 61.2 Å². The number of fused-ring (bicyclic) bond motifs is 1. The van der Waals surface area contributed by atoms with Crippen LogP contribution in [-0.4, -0.2) is 58.6 Å². The summed E-state index contributed by atoms with van der Waals surface area (Å²) >= 11 is 0. The number of rotatable bonds is 6. The van der Waals surface area contributed by atoms with E-state index >= 15 is 0 Å². The molecule has 1 aliphatic heterocycles. The number of morpholine rings is 1. The van der Waals surface area contributed by atoms with Crippen molar-refractivity contribution in [1.29, 1.82) is 0 Å². The first-order valence-electron chi connectivity index (χ1n) is 13.3. The van der Waals surface area contributed by atoms with E-state index in [4.69, 9.17) is 4.74 Å². The molecule has 3 aromatic carbocycles. The van der Waals surface area contributed by atoms with E-state index in [1.54, 1.807) is 6.07 Å². The molecule has 0 radical (unpaired) electrons. The molecule has 0 bridgehead atoms. The molecule has 2 aliphatic rings. The number of carbonyl (C=O) groups excluding carboxylic acids is 1. The summed E-state index contributed by atoms with van der Waals surface area (Å²) in [5.74, 6) is -0.992. The van der Waals surface area contributed by atoms with Crippen molar-refractivity contribution < 1.29 is 27.4 Å². The van der Waals surface area contributed by atoms with Crippen molar-refractivity contribution in [2.24, 2.45) is 0 Å². The van der Waals surface area contributed by atoms with Gasteiger partial charge < -0.3 is 14.8 Å². The Kier molecular flexibility index (Phi) is 6.79. The first-order valence-corrected chi connectivity index (χ1v) is 13.3. The maximum absolute atomic E-state index is 13.5. The number of ether oxygens (including phenoxy) is 2. The standard InChI is InChI=1S/C30H27F3N4O4/c1-19-3-2-4-20(15-19)21-5-7-23-24(16-21)34-18-37(27(23)38)22-6-8-26(41-30(31,32)33)25(17-22)35-28(39)29(9-10-29)36-11-13-40-14-12-36/h2-8,15-18H,9-14H2,1H3,(H,35,39). The number of amides is 1.